The fraction of sp³-hybridized carbons (Fsp3) is 0.684. The Hall–Kier alpha value is -1.54. The van der Waals surface area contributed by atoms with E-state index >= 15 is 0 Å². The minimum atomic E-state index is -3.80. The van der Waals surface area contributed by atoms with Crippen molar-refractivity contribution in [1.29, 1.82) is 0 Å². The van der Waals surface area contributed by atoms with Crippen molar-refractivity contribution in [2.24, 2.45) is 0 Å². The molecular weight excluding hydrogens is 897 g/mol. The van der Waals surface area contributed by atoms with Gasteiger partial charge < -0.3 is 64.1 Å². The van der Waals surface area contributed by atoms with Gasteiger partial charge in [-0.15, -0.1) is 0 Å². The van der Waals surface area contributed by atoms with E-state index in [0.717, 1.165) is 17.7 Å². The highest BCUT2D eigenvalue weighted by Gasteiger charge is 2.24. The third-order valence-electron chi connectivity index (χ3n) is 10.7. The van der Waals surface area contributed by atoms with Gasteiger partial charge in [0.2, 0.25) is 0 Å². The number of aliphatic hydroxyl groups excluding tert-OH is 1. The van der Waals surface area contributed by atoms with E-state index in [2.05, 4.69) is 0 Å². The number of halogens is 1. The molecule has 2 rings (SSSR count). The molecular formula is C38H77B6ClN6O12S2. The monoisotopic (exact) mass is 975 g/mol. The number of aryl methyl sites for hydroxylation is 2. The van der Waals surface area contributed by atoms with Crippen molar-refractivity contribution >= 4 is 72.2 Å². The van der Waals surface area contributed by atoms with E-state index in [1.807, 2.05) is 56.6 Å². The Kier molecular flexibility index (Phi) is 33.1. The first-order chi connectivity index (χ1) is 30.3. The number of hydrogen-bond acceptors (Lipinski definition) is 18. The van der Waals surface area contributed by atoms with Gasteiger partial charge in [0.25, 0.3) is 19.2 Å². The van der Waals surface area contributed by atoms with Crippen LogP contribution < -0.4 is 0 Å². The summed E-state index contributed by atoms with van der Waals surface area (Å²) in [5.74, 6) is 0. The van der Waals surface area contributed by atoms with Crippen molar-refractivity contribution in [2.75, 3.05) is 91.8 Å². The third-order valence-corrected chi connectivity index (χ3v) is 13.4. The van der Waals surface area contributed by atoms with Crippen LogP contribution in [-0.2, 0) is 23.4 Å². The molecule has 368 valence electrons. The molecule has 0 aliphatic carbocycles. The Bertz CT molecular complexity index is 1750. The van der Waals surface area contributed by atoms with E-state index in [1.54, 1.807) is 65.2 Å². The van der Waals surface area contributed by atoms with Crippen molar-refractivity contribution in [3.05, 3.63) is 59.7 Å². The summed E-state index contributed by atoms with van der Waals surface area (Å²) in [7, 11) is -5.87. The van der Waals surface area contributed by atoms with Gasteiger partial charge in [0.15, 0.2) is 0 Å². The number of nitrogens with zero attached hydrogens (tertiary/aromatic N) is 6. The highest BCUT2D eigenvalue weighted by atomic mass is 35.7. The minimum absolute atomic E-state index is 0.0133. The summed E-state index contributed by atoms with van der Waals surface area (Å²) in [6.07, 6.45) is 1.04. The number of aliphatic hydroxyl groups is 1. The quantitative estimate of drug-likeness (QED) is 0.0249. The zero-order valence-electron chi connectivity index (χ0n) is 40.4. The van der Waals surface area contributed by atoms with E-state index in [9.17, 15) is 47.0 Å². The van der Waals surface area contributed by atoms with Gasteiger partial charge in [0.1, 0.15) is 0 Å². The van der Waals surface area contributed by atoms with Crippen LogP contribution in [0.4, 0.5) is 0 Å². The van der Waals surface area contributed by atoms with Crippen molar-refractivity contribution in [3.63, 3.8) is 0 Å². The molecule has 0 atom stereocenters. The number of hydrogen-bond donors (Lipinski definition) is 7. The van der Waals surface area contributed by atoms with Crippen LogP contribution in [0.15, 0.2) is 58.3 Å². The van der Waals surface area contributed by atoms with Crippen LogP contribution in [0.5, 0.6) is 0 Å². The lowest BCUT2D eigenvalue weighted by molar-refractivity contribution is 0.246. The van der Waals surface area contributed by atoms with Gasteiger partial charge in [-0.25, -0.2) is 8.42 Å². The van der Waals surface area contributed by atoms with Crippen molar-refractivity contribution in [2.45, 2.75) is 91.3 Å². The minimum Gasteiger partial charge on any atom is -0.437 e. The Morgan fingerprint density at radius 1 is 0.477 bits per heavy atom. The molecule has 0 spiro atoms. The molecule has 0 aliphatic heterocycles. The van der Waals surface area contributed by atoms with Crippen LogP contribution in [0.2, 0.25) is 40.9 Å². The van der Waals surface area contributed by atoms with E-state index in [4.69, 9.17) is 20.0 Å². The molecule has 0 bridgehead atoms. The predicted octanol–water partition coefficient (Wildman–Crippen LogP) is 0.895. The van der Waals surface area contributed by atoms with E-state index in [-0.39, 0.29) is 23.0 Å². The zero-order valence-corrected chi connectivity index (χ0v) is 42.8. The predicted molar refractivity (Wildman–Crippen MR) is 269 cm³/mol. The van der Waals surface area contributed by atoms with E-state index in [0.29, 0.717) is 84.8 Å². The average Bonchev–Trinajstić information content (AvgIpc) is 3.21. The molecule has 0 heterocycles. The SMILES string of the molecule is CCN(CCN(CCN(CCCO)B(C)O)B(C)O)B(C)O.CCN(CCN(CCN(CCCOS(=O)(=O)c1ccc(C)cc1)B(C)O)B(C)O)B(C)O.Cc1ccc(S(=O)(=O)Cl)cc1. The standard InChI is InChI=1S/C19H38B3N3O6S.C12H32B3N3O4.C7H7ClO2S/c1-6-23(20(3)26)13-14-25(22(5)28)16-15-24(21(4)27)12-7-17-31-32(29,30)19-10-8-18(2)9-11-19;1-5-16(13(2)20)8-9-18(15(4)22)11-10-17(14(3)21)7-6-12-19;1-6-2-4-7(5-3-6)11(8,9)10/h8-11,26-28H,6-7,12-17H2,1-5H3;19-22H,5-12H2,1-4H3;2-5H,1H3. The van der Waals surface area contributed by atoms with Gasteiger partial charge in [-0.3, -0.25) is 4.18 Å². The molecule has 0 unspecified atom stereocenters. The molecule has 18 nitrogen and oxygen atoms in total. The highest BCUT2D eigenvalue weighted by molar-refractivity contribution is 8.13. The molecule has 0 radical (unpaired) electrons. The molecule has 27 heteroatoms. The van der Waals surface area contributed by atoms with Crippen molar-refractivity contribution in [3.8, 4) is 0 Å². The molecule has 0 aliphatic rings. The second-order valence-corrected chi connectivity index (χ2v) is 20.1. The van der Waals surface area contributed by atoms with E-state index < -0.39 is 61.5 Å². The van der Waals surface area contributed by atoms with Crippen LogP contribution in [0.25, 0.3) is 0 Å². The van der Waals surface area contributed by atoms with Crippen LogP contribution >= 0.6 is 10.7 Å². The Labute approximate surface area is 398 Å². The van der Waals surface area contributed by atoms with Gasteiger partial charge in [0, 0.05) is 69.6 Å². The smallest absolute Gasteiger partial charge is 0.376 e. The molecule has 0 saturated heterocycles. The summed E-state index contributed by atoms with van der Waals surface area (Å²) in [6.45, 7) is 25.3. The van der Waals surface area contributed by atoms with Crippen molar-refractivity contribution in [1.82, 2.24) is 28.9 Å². The highest BCUT2D eigenvalue weighted by Crippen LogP contribution is 2.15. The lowest BCUT2D eigenvalue weighted by Gasteiger charge is -2.31. The van der Waals surface area contributed by atoms with Gasteiger partial charge in [0.05, 0.1) is 16.4 Å². The molecule has 7 N–H and O–H groups in total. The van der Waals surface area contributed by atoms with Gasteiger partial charge in [-0.1, -0.05) is 49.2 Å². The van der Waals surface area contributed by atoms with Crippen molar-refractivity contribution < 1.29 is 56.3 Å². The normalized spacial score (nSPS) is 11.8. The lowest BCUT2D eigenvalue weighted by Crippen LogP contribution is -2.50. The fourth-order valence-electron chi connectivity index (χ4n) is 6.37. The second kappa shape index (κ2) is 33.9. The number of likely N-dealkylation sites (N-methyl/N-ethyl adjacent to an activating group) is 2. The summed E-state index contributed by atoms with van der Waals surface area (Å²) in [5, 5.41) is 68.1. The first kappa shape index (κ1) is 63.5. The molecule has 0 fully saturated rings. The maximum atomic E-state index is 12.3. The largest absolute Gasteiger partial charge is 0.437 e. The molecule has 0 amide bonds. The first-order valence-corrected chi connectivity index (χ1v) is 26.1. The lowest BCUT2D eigenvalue weighted by atomic mass is 9.82. The third kappa shape index (κ3) is 27.9. The summed E-state index contributed by atoms with van der Waals surface area (Å²) < 4.78 is 51.1. The zero-order chi connectivity index (χ0) is 49.9. The maximum Gasteiger partial charge on any atom is 0.376 e. The Morgan fingerprint density at radius 3 is 1.03 bits per heavy atom. The molecule has 0 aromatic heterocycles. The van der Waals surface area contributed by atoms with Gasteiger partial charge in [-0.05, 0) is 118 Å². The van der Waals surface area contributed by atoms with Gasteiger partial charge in [-0.2, -0.15) is 8.42 Å². The van der Waals surface area contributed by atoms with Gasteiger partial charge >= 0.3 is 42.3 Å². The summed E-state index contributed by atoms with van der Waals surface area (Å²) in [4.78, 5) is 11.6. The van der Waals surface area contributed by atoms with E-state index in [1.165, 1.54) is 24.3 Å². The summed E-state index contributed by atoms with van der Waals surface area (Å²) >= 11 is 0. The number of rotatable bonds is 30. The Balaban J connectivity index is 0.00000106. The maximum absolute atomic E-state index is 12.3. The summed E-state index contributed by atoms with van der Waals surface area (Å²) in [6, 6.07) is 12.9. The van der Waals surface area contributed by atoms with Crippen LogP contribution in [0, 0.1) is 13.8 Å². The first-order valence-electron chi connectivity index (χ1n) is 22.4. The second-order valence-electron chi connectivity index (χ2n) is 16.0. The average molecular weight is 975 g/mol. The molecule has 65 heavy (non-hydrogen) atoms. The Morgan fingerprint density at radius 2 is 0.754 bits per heavy atom. The molecule has 2 aromatic rings. The number of benzene rings is 2. The molecule has 0 saturated carbocycles. The fourth-order valence-corrected chi connectivity index (χ4v) is 8.08. The van der Waals surface area contributed by atoms with Crippen LogP contribution in [0.3, 0.4) is 0 Å². The summed E-state index contributed by atoms with van der Waals surface area (Å²) in [5.41, 5.74) is 1.98. The molecule has 2 aromatic carbocycles. The topological polar surface area (TPSA) is 239 Å². The van der Waals surface area contributed by atoms with Crippen LogP contribution in [0.1, 0.15) is 37.8 Å². The van der Waals surface area contributed by atoms with Crippen LogP contribution in [-0.4, -0.2) is 215 Å².